The molecule has 1 aromatic rings. The molecule has 3 rings (SSSR count). The van der Waals surface area contributed by atoms with Gasteiger partial charge in [-0.1, -0.05) is 25.1 Å². The molecule has 0 unspecified atom stereocenters. The first-order valence-electron chi connectivity index (χ1n) is 10.5. The molecule has 166 valence electrons. The number of sulfonamides is 1. The fourth-order valence-corrected chi connectivity index (χ4v) is 5.58. The minimum atomic E-state index is -3.85. The highest BCUT2D eigenvalue weighted by Gasteiger charge is 2.39. The van der Waals surface area contributed by atoms with E-state index in [0.717, 1.165) is 18.4 Å². The Labute approximate surface area is 179 Å². The van der Waals surface area contributed by atoms with Gasteiger partial charge < -0.3 is 14.7 Å². The molecule has 0 bridgehead atoms. The molecule has 1 N–H and O–H groups in total. The van der Waals surface area contributed by atoms with E-state index in [1.807, 2.05) is 26.0 Å². The number of allylic oxidation sites excluding steroid dienone is 1. The van der Waals surface area contributed by atoms with Crippen molar-refractivity contribution in [2.24, 2.45) is 11.8 Å². The molecule has 1 fully saturated rings. The average molecular weight is 437 g/mol. The van der Waals surface area contributed by atoms with E-state index >= 15 is 0 Å². The number of fused-ring (bicyclic) bond motifs is 1. The SMILES string of the molecule is C/C=C/c1ccc2c(c1)O[C@H](CN(C)C(=O)C1CC1)[C@@H](C)CN([C@@H](C)CO)S2(=O)=O. The molecule has 1 saturated carbocycles. The maximum absolute atomic E-state index is 13.4. The number of hydrogen-bond donors (Lipinski definition) is 1. The molecule has 0 spiro atoms. The normalized spacial score (nSPS) is 25.1. The number of aliphatic hydroxyl groups excluding tert-OH is 1. The maximum atomic E-state index is 13.4. The Hall–Kier alpha value is -1.90. The van der Waals surface area contributed by atoms with E-state index in [-0.39, 0.29) is 47.6 Å². The van der Waals surface area contributed by atoms with Crippen molar-refractivity contribution < 1.29 is 23.1 Å². The molecule has 1 heterocycles. The molecular formula is C22H32N2O5S. The van der Waals surface area contributed by atoms with Gasteiger partial charge in [0.25, 0.3) is 0 Å². The van der Waals surface area contributed by atoms with E-state index in [2.05, 4.69) is 0 Å². The fourth-order valence-electron chi connectivity index (χ4n) is 3.76. The van der Waals surface area contributed by atoms with Gasteiger partial charge in [-0.15, -0.1) is 0 Å². The molecule has 7 nitrogen and oxygen atoms in total. The van der Waals surface area contributed by atoms with Crippen LogP contribution in [0.3, 0.4) is 0 Å². The van der Waals surface area contributed by atoms with Gasteiger partial charge in [0.15, 0.2) is 0 Å². The summed E-state index contributed by atoms with van der Waals surface area (Å²) in [5, 5.41) is 9.68. The van der Waals surface area contributed by atoms with Crippen LogP contribution in [0.25, 0.3) is 6.08 Å². The van der Waals surface area contributed by atoms with Gasteiger partial charge in [0.2, 0.25) is 15.9 Å². The predicted molar refractivity (Wildman–Crippen MR) is 116 cm³/mol. The van der Waals surface area contributed by atoms with Gasteiger partial charge in [0, 0.05) is 31.5 Å². The lowest BCUT2D eigenvalue weighted by Crippen LogP contribution is -2.50. The number of likely N-dealkylation sites (N-methyl/N-ethyl adjacent to an activating group) is 1. The lowest BCUT2D eigenvalue weighted by molar-refractivity contribution is -0.132. The Kier molecular flexibility index (Phi) is 6.89. The number of ether oxygens (including phenoxy) is 1. The van der Waals surface area contributed by atoms with E-state index in [1.54, 1.807) is 37.1 Å². The molecular weight excluding hydrogens is 404 g/mol. The molecule has 1 aliphatic carbocycles. The number of carbonyl (C=O) groups is 1. The molecule has 30 heavy (non-hydrogen) atoms. The van der Waals surface area contributed by atoms with Crippen molar-refractivity contribution in [1.82, 2.24) is 9.21 Å². The zero-order valence-electron chi connectivity index (χ0n) is 18.1. The molecule has 0 saturated heterocycles. The Morgan fingerprint density at radius 3 is 2.70 bits per heavy atom. The van der Waals surface area contributed by atoms with Gasteiger partial charge >= 0.3 is 0 Å². The lowest BCUT2D eigenvalue weighted by Gasteiger charge is -2.37. The second kappa shape index (κ2) is 9.08. The third-order valence-electron chi connectivity index (χ3n) is 5.81. The van der Waals surface area contributed by atoms with Gasteiger partial charge in [-0.25, -0.2) is 8.42 Å². The number of carbonyl (C=O) groups excluding carboxylic acids is 1. The van der Waals surface area contributed by atoms with Crippen LogP contribution in [-0.4, -0.2) is 67.5 Å². The highest BCUT2D eigenvalue weighted by Crippen LogP contribution is 2.35. The van der Waals surface area contributed by atoms with Gasteiger partial charge in [0.05, 0.1) is 13.2 Å². The largest absolute Gasteiger partial charge is 0.487 e. The standard InChI is InChI=1S/C22H32N2O5S/c1-5-6-17-7-10-21-19(11-17)29-20(13-23(4)22(26)18-8-9-18)15(2)12-24(16(3)14-25)30(21,27)28/h5-7,10-11,15-16,18,20,25H,8-9,12-14H2,1-4H3/b6-5+/t15-,16-,20+/m0/s1. The summed E-state index contributed by atoms with van der Waals surface area (Å²) in [6.45, 7) is 5.82. The number of hydrogen-bond acceptors (Lipinski definition) is 5. The molecule has 3 atom stereocenters. The molecule has 1 aromatic carbocycles. The van der Waals surface area contributed by atoms with Gasteiger partial charge in [-0.3, -0.25) is 4.79 Å². The summed E-state index contributed by atoms with van der Waals surface area (Å²) >= 11 is 0. The third-order valence-corrected chi connectivity index (χ3v) is 7.83. The van der Waals surface area contributed by atoms with Crippen LogP contribution in [0.2, 0.25) is 0 Å². The number of amides is 1. The van der Waals surface area contributed by atoms with E-state index in [9.17, 15) is 18.3 Å². The number of rotatable bonds is 6. The fraction of sp³-hybridized carbons (Fsp3) is 0.591. The first kappa shape index (κ1) is 22.8. The third kappa shape index (κ3) is 4.71. The van der Waals surface area contributed by atoms with E-state index < -0.39 is 16.1 Å². The highest BCUT2D eigenvalue weighted by atomic mass is 32.2. The second-order valence-corrected chi connectivity index (χ2v) is 10.3. The summed E-state index contributed by atoms with van der Waals surface area (Å²) in [5.41, 5.74) is 0.836. The van der Waals surface area contributed by atoms with Gasteiger partial charge in [-0.05, 0) is 44.4 Å². The van der Waals surface area contributed by atoms with Crippen molar-refractivity contribution in [3.63, 3.8) is 0 Å². The number of nitrogens with zero attached hydrogens (tertiary/aromatic N) is 2. The molecule has 1 aliphatic heterocycles. The zero-order valence-corrected chi connectivity index (χ0v) is 18.9. The van der Waals surface area contributed by atoms with Crippen molar-refractivity contribution in [3.05, 3.63) is 29.8 Å². The van der Waals surface area contributed by atoms with Crippen LogP contribution in [0.5, 0.6) is 5.75 Å². The summed E-state index contributed by atoms with van der Waals surface area (Å²) in [4.78, 5) is 14.3. The van der Waals surface area contributed by atoms with Crippen molar-refractivity contribution in [1.29, 1.82) is 0 Å². The van der Waals surface area contributed by atoms with Crippen LogP contribution in [0.15, 0.2) is 29.2 Å². The first-order valence-corrected chi connectivity index (χ1v) is 11.9. The monoisotopic (exact) mass is 436 g/mol. The highest BCUT2D eigenvalue weighted by molar-refractivity contribution is 7.89. The van der Waals surface area contributed by atoms with Crippen LogP contribution < -0.4 is 4.74 Å². The van der Waals surface area contributed by atoms with E-state index in [0.29, 0.717) is 6.54 Å². The Morgan fingerprint density at radius 2 is 2.10 bits per heavy atom. The molecule has 2 aliphatic rings. The van der Waals surface area contributed by atoms with Crippen molar-refractivity contribution in [3.8, 4) is 5.75 Å². The van der Waals surface area contributed by atoms with Crippen LogP contribution in [0.1, 0.15) is 39.2 Å². The summed E-state index contributed by atoms with van der Waals surface area (Å²) in [7, 11) is -2.07. The second-order valence-electron chi connectivity index (χ2n) is 8.44. The average Bonchev–Trinajstić information content (AvgIpc) is 3.55. The molecule has 8 heteroatoms. The summed E-state index contributed by atoms with van der Waals surface area (Å²) in [5.74, 6) is 0.328. The van der Waals surface area contributed by atoms with Crippen LogP contribution >= 0.6 is 0 Å². The topological polar surface area (TPSA) is 87.2 Å². The predicted octanol–water partition coefficient (Wildman–Crippen LogP) is 2.36. The van der Waals surface area contributed by atoms with E-state index in [1.165, 1.54) is 4.31 Å². The number of aliphatic hydroxyl groups is 1. The first-order chi connectivity index (χ1) is 14.2. The Balaban J connectivity index is 2.01. The summed E-state index contributed by atoms with van der Waals surface area (Å²) < 4.78 is 34.4. The van der Waals surface area contributed by atoms with E-state index in [4.69, 9.17) is 4.74 Å². The van der Waals surface area contributed by atoms with Crippen molar-refractivity contribution in [2.75, 3.05) is 26.7 Å². The molecule has 0 radical (unpaired) electrons. The molecule has 0 aromatic heterocycles. The minimum Gasteiger partial charge on any atom is -0.487 e. The van der Waals surface area contributed by atoms with Gasteiger partial charge in [-0.2, -0.15) is 4.31 Å². The van der Waals surface area contributed by atoms with Crippen LogP contribution in [0, 0.1) is 11.8 Å². The zero-order chi connectivity index (χ0) is 22.1. The van der Waals surface area contributed by atoms with Crippen LogP contribution in [-0.2, 0) is 14.8 Å². The quantitative estimate of drug-likeness (QED) is 0.740. The Bertz CT molecular complexity index is 910. The number of benzene rings is 1. The van der Waals surface area contributed by atoms with Crippen molar-refractivity contribution in [2.45, 2.75) is 50.7 Å². The summed E-state index contributed by atoms with van der Waals surface area (Å²) in [6, 6.07) is 4.46. The summed E-state index contributed by atoms with van der Waals surface area (Å²) in [6.07, 6.45) is 5.24. The smallest absolute Gasteiger partial charge is 0.247 e. The minimum absolute atomic E-state index is 0.0872. The maximum Gasteiger partial charge on any atom is 0.247 e. The Morgan fingerprint density at radius 1 is 1.40 bits per heavy atom. The molecule has 1 amide bonds. The van der Waals surface area contributed by atoms with Gasteiger partial charge in [0.1, 0.15) is 16.7 Å². The van der Waals surface area contributed by atoms with Crippen molar-refractivity contribution >= 4 is 22.0 Å². The van der Waals surface area contributed by atoms with Crippen LogP contribution in [0.4, 0.5) is 0 Å². The lowest BCUT2D eigenvalue weighted by atomic mass is 10.0.